The summed E-state index contributed by atoms with van der Waals surface area (Å²) >= 11 is 0. The summed E-state index contributed by atoms with van der Waals surface area (Å²) in [6, 6.07) is 5.81. The molecule has 34 heavy (non-hydrogen) atoms. The van der Waals surface area contributed by atoms with E-state index in [1.807, 2.05) is 13.8 Å². The number of fused-ring (bicyclic) bond motifs is 1. The molecule has 1 aromatic carbocycles. The van der Waals surface area contributed by atoms with E-state index in [0.717, 1.165) is 6.20 Å². The van der Waals surface area contributed by atoms with Crippen LogP contribution in [0, 0.1) is 5.82 Å². The van der Waals surface area contributed by atoms with Crippen LogP contribution in [0.3, 0.4) is 0 Å². The molecule has 3 heterocycles. The minimum atomic E-state index is -0.723. The van der Waals surface area contributed by atoms with E-state index in [-0.39, 0.29) is 47.4 Å². The molecule has 0 radical (unpaired) electrons. The monoisotopic (exact) mass is 469 g/mol. The summed E-state index contributed by atoms with van der Waals surface area (Å²) < 4.78 is 21.8. The number of aliphatic hydroxyl groups is 1. The van der Waals surface area contributed by atoms with Crippen LogP contribution in [0.2, 0.25) is 0 Å². The van der Waals surface area contributed by atoms with Gasteiger partial charge in [0.05, 0.1) is 30.5 Å². The van der Waals surface area contributed by atoms with E-state index in [4.69, 9.17) is 4.74 Å². The number of carbonyl (C=O) groups is 1. The Hall–Kier alpha value is -3.37. The summed E-state index contributed by atoms with van der Waals surface area (Å²) in [5.41, 5.74) is 0.966. The van der Waals surface area contributed by atoms with Gasteiger partial charge in [-0.2, -0.15) is 0 Å². The number of rotatable bonds is 5. The zero-order chi connectivity index (χ0) is 24.6. The third kappa shape index (κ3) is 4.51. The van der Waals surface area contributed by atoms with Crippen LogP contribution in [-0.4, -0.2) is 69.9 Å². The lowest BCUT2D eigenvalue weighted by Gasteiger charge is -2.28. The maximum Gasteiger partial charge on any atom is 0.270 e. The Kier molecular flexibility index (Phi) is 6.63. The Morgan fingerprint density at radius 3 is 2.76 bits per heavy atom. The van der Waals surface area contributed by atoms with Crippen LogP contribution < -0.4 is 10.7 Å². The molecule has 180 valence electrons. The lowest BCUT2D eigenvalue weighted by Crippen LogP contribution is -2.42. The largest absolute Gasteiger partial charge is 0.389 e. The summed E-state index contributed by atoms with van der Waals surface area (Å²) in [7, 11) is 3.25. The molecule has 3 aromatic rings. The highest BCUT2D eigenvalue weighted by atomic mass is 19.1. The van der Waals surface area contributed by atoms with Gasteiger partial charge < -0.3 is 24.6 Å². The first kappa shape index (κ1) is 23.8. The van der Waals surface area contributed by atoms with Crippen LogP contribution in [0.25, 0.3) is 22.2 Å². The first-order chi connectivity index (χ1) is 16.2. The summed E-state index contributed by atoms with van der Waals surface area (Å²) in [5, 5.41) is 13.6. The van der Waals surface area contributed by atoms with Gasteiger partial charge in [-0.3, -0.25) is 9.59 Å². The highest BCUT2D eigenvalue weighted by Gasteiger charge is 2.25. The molecule has 0 bridgehead atoms. The molecular weight excluding hydrogens is 441 g/mol. The van der Waals surface area contributed by atoms with Gasteiger partial charge in [0.2, 0.25) is 5.95 Å². The molecule has 0 saturated carbocycles. The van der Waals surface area contributed by atoms with Crippen molar-refractivity contribution in [3.63, 3.8) is 0 Å². The lowest BCUT2D eigenvalue weighted by atomic mass is 10.1. The van der Waals surface area contributed by atoms with Crippen molar-refractivity contribution in [2.75, 3.05) is 32.6 Å². The van der Waals surface area contributed by atoms with Gasteiger partial charge in [-0.25, -0.2) is 14.4 Å². The normalized spacial score (nSPS) is 18.3. The molecule has 10 heteroatoms. The number of pyridine rings is 1. The number of ether oxygens (including phenoxy) is 1. The van der Waals surface area contributed by atoms with Crippen molar-refractivity contribution in [3.05, 3.63) is 52.2 Å². The van der Waals surface area contributed by atoms with Crippen LogP contribution in [0.4, 0.5) is 10.3 Å². The predicted octanol–water partition coefficient (Wildman–Crippen LogP) is 2.44. The fourth-order valence-corrected chi connectivity index (χ4v) is 4.13. The Morgan fingerprint density at radius 2 is 2.09 bits per heavy atom. The number of anilines is 1. The first-order valence-corrected chi connectivity index (χ1v) is 11.1. The smallest absolute Gasteiger partial charge is 0.270 e. The molecule has 1 saturated heterocycles. The van der Waals surface area contributed by atoms with Gasteiger partial charge >= 0.3 is 0 Å². The van der Waals surface area contributed by atoms with E-state index in [2.05, 4.69) is 15.3 Å². The van der Waals surface area contributed by atoms with Crippen LogP contribution in [0.1, 0.15) is 36.8 Å². The number of halogens is 1. The number of benzene rings is 1. The minimum absolute atomic E-state index is 0.0491. The van der Waals surface area contributed by atoms with Gasteiger partial charge in [-0.1, -0.05) is 6.07 Å². The van der Waals surface area contributed by atoms with E-state index in [1.165, 1.54) is 11.0 Å². The molecule has 1 amide bonds. The number of aromatic nitrogens is 3. The van der Waals surface area contributed by atoms with Crippen molar-refractivity contribution in [2.24, 2.45) is 0 Å². The van der Waals surface area contributed by atoms with Crippen LogP contribution in [0.5, 0.6) is 0 Å². The van der Waals surface area contributed by atoms with Crippen LogP contribution >= 0.6 is 0 Å². The van der Waals surface area contributed by atoms with Gasteiger partial charge in [0.15, 0.2) is 11.2 Å². The van der Waals surface area contributed by atoms with E-state index in [1.54, 1.807) is 36.9 Å². The predicted molar refractivity (Wildman–Crippen MR) is 126 cm³/mol. The van der Waals surface area contributed by atoms with E-state index >= 15 is 0 Å². The maximum atomic E-state index is 14.8. The van der Waals surface area contributed by atoms with Crippen molar-refractivity contribution >= 4 is 22.8 Å². The molecule has 0 spiro atoms. The van der Waals surface area contributed by atoms with E-state index in [0.29, 0.717) is 29.5 Å². The molecule has 1 fully saturated rings. The second-order valence-electron chi connectivity index (χ2n) is 8.86. The van der Waals surface area contributed by atoms with Crippen LogP contribution in [-0.2, 0) is 4.74 Å². The van der Waals surface area contributed by atoms with E-state index in [9.17, 15) is 19.1 Å². The number of carbonyl (C=O) groups excluding carboxylic acids is 1. The summed E-state index contributed by atoms with van der Waals surface area (Å²) in [6.07, 6.45) is 0.915. The number of hydrogen-bond acceptors (Lipinski definition) is 7. The lowest BCUT2D eigenvalue weighted by molar-refractivity contribution is -0.0136. The molecule has 2 atom stereocenters. The molecule has 0 unspecified atom stereocenters. The van der Waals surface area contributed by atoms with Gasteiger partial charge in [0, 0.05) is 43.8 Å². The number of amides is 1. The standard InChI is InChI=1S/C24H28FN5O4/c1-13(2)30-18-9-14(5-6-15(18)20(31)10-19(30)23(33)29(3)4)22-16(25)11-26-24(28-22)27-17-7-8-34-12-21(17)32/h5-6,9-11,13,17,21,32H,7-8,12H2,1-4H3,(H,26,27,28)/t17-,21-/m1/s1. The average molecular weight is 470 g/mol. The Labute approximate surface area is 196 Å². The van der Waals surface area contributed by atoms with Gasteiger partial charge in [0.25, 0.3) is 5.91 Å². The molecule has 9 nitrogen and oxygen atoms in total. The van der Waals surface area contributed by atoms with Gasteiger partial charge in [-0.15, -0.1) is 0 Å². The summed E-state index contributed by atoms with van der Waals surface area (Å²) in [5.74, 6) is -0.746. The third-order valence-corrected chi connectivity index (χ3v) is 5.85. The Morgan fingerprint density at radius 1 is 1.32 bits per heavy atom. The molecular formula is C24H28FN5O4. The molecule has 2 N–H and O–H groups in total. The Bertz CT molecular complexity index is 1290. The van der Waals surface area contributed by atoms with Crippen molar-refractivity contribution in [3.8, 4) is 11.3 Å². The number of nitrogens with one attached hydrogen (secondary N) is 1. The van der Waals surface area contributed by atoms with Crippen molar-refractivity contribution in [1.29, 1.82) is 0 Å². The zero-order valence-electron chi connectivity index (χ0n) is 19.6. The highest BCUT2D eigenvalue weighted by Crippen LogP contribution is 2.27. The SMILES string of the molecule is CC(C)n1c(C(=O)N(C)C)cc(=O)c2ccc(-c3nc(N[C@@H]4CCOC[C@H]4O)ncc3F)cc21. The number of nitrogens with zero attached hydrogens (tertiary/aromatic N) is 4. The van der Waals surface area contributed by atoms with E-state index < -0.39 is 11.9 Å². The molecule has 2 aromatic heterocycles. The number of hydrogen-bond donors (Lipinski definition) is 2. The minimum Gasteiger partial charge on any atom is -0.389 e. The second kappa shape index (κ2) is 9.47. The summed E-state index contributed by atoms with van der Waals surface area (Å²) in [4.78, 5) is 35.4. The summed E-state index contributed by atoms with van der Waals surface area (Å²) in [6.45, 7) is 4.52. The zero-order valence-corrected chi connectivity index (χ0v) is 19.6. The fraction of sp³-hybridized carbons (Fsp3) is 0.417. The van der Waals surface area contributed by atoms with Crippen LogP contribution in [0.15, 0.2) is 35.3 Å². The van der Waals surface area contributed by atoms with Crippen molar-refractivity contribution < 1.29 is 19.0 Å². The molecule has 4 rings (SSSR count). The third-order valence-electron chi connectivity index (χ3n) is 5.85. The highest BCUT2D eigenvalue weighted by molar-refractivity contribution is 5.96. The maximum absolute atomic E-state index is 14.8. The first-order valence-electron chi connectivity index (χ1n) is 11.1. The Balaban J connectivity index is 1.83. The average Bonchev–Trinajstić information content (AvgIpc) is 2.80. The number of aliphatic hydroxyl groups excluding tert-OH is 1. The second-order valence-corrected chi connectivity index (χ2v) is 8.86. The van der Waals surface area contributed by atoms with Gasteiger partial charge in [-0.05, 0) is 32.4 Å². The molecule has 0 aliphatic carbocycles. The fourth-order valence-electron chi connectivity index (χ4n) is 4.13. The van der Waals surface area contributed by atoms with Crippen molar-refractivity contribution in [2.45, 2.75) is 38.5 Å². The molecule has 1 aliphatic rings. The quantitative estimate of drug-likeness (QED) is 0.591. The van der Waals surface area contributed by atoms with Gasteiger partial charge in [0.1, 0.15) is 11.4 Å². The topological polar surface area (TPSA) is 110 Å². The molecule has 1 aliphatic heterocycles. The van der Waals surface area contributed by atoms with Crippen molar-refractivity contribution in [1.82, 2.24) is 19.4 Å².